The van der Waals surface area contributed by atoms with Crippen molar-refractivity contribution in [1.82, 2.24) is 9.80 Å². The maximum Gasteiger partial charge on any atom is 0.338 e. The first-order chi connectivity index (χ1) is 14.6. The molecule has 0 aromatic heterocycles. The summed E-state index contributed by atoms with van der Waals surface area (Å²) in [5, 5.41) is 0. The van der Waals surface area contributed by atoms with Gasteiger partial charge in [-0.2, -0.15) is 0 Å². The number of nitrogens with zero attached hydrogens (tertiary/aromatic N) is 2. The van der Waals surface area contributed by atoms with Gasteiger partial charge in [0.2, 0.25) is 5.91 Å². The van der Waals surface area contributed by atoms with Gasteiger partial charge in [-0.15, -0.1) is 12.4 Å². The second-order valence-electron chi connectivity index (χ2n) is 9.46. The summed E-state index contributed by atoms with van der Waals surface area (Å²) in [7, 11) is 1.97. The van der Waals surface area contributed by atoms with Gasteiger partial charge >= 0.3 is 5.97 Å². The summed E-state index contributed by atoms with van der Waals surface area (Å²) in [5.74, 6) is -0.156. The topological polar surface area (TPSA) is 59.1 Å². The summed E-state index contributed by atoms with van der Waals surface area (Å²) in [6, 6.07) is 6.18. The van der Waals surface area contributed by atoms with Crippen LogP contribution in [0.5, 0.6) is 0 Å². The molecule has 7 heteroatoms. The van der Waals surface area contributed by atoms with Crippen molar-refractivity contribution in [1.29, 1.82) is 0 Å². The van der Waals surface area contributed by atoms with Gasteiger partial charge in [0.25, 0.3) is 0 Å². The highest BCUT2D eigenvalue weighted by atomic mass is 35.5. The zero-order chi connectivity index (χ0) is 20.7. The summed E-state index contributed by atoms with van der Waals surface area (Å²) < 4.78 is 11.4. The average molecular weight is 449 g/mol. The smallest absolute Gasteiger partial charge is 0.338 e. The van der Waals surface area contributed by atoms with Crippen LogP contribution in [-0.2, 0) is 27.3 Å². The minimum atomic E-state index is -0.282. The van der Waals surface area contributed by atoms with Crippen molar-refractivity contribution < 1.29 is 19.1 Å². The molecule has 1 aromatic carbocycles. The van der Waals surface area contributed by atoms with E-state index in [0.717, 1.165) is 62.9 Å². The molecule has 0 bridgehead atoms. The maximum absolute atomic E-state index is 13.3. The molecule has 4 aliphatic rings. The average Bonchev–Trinajstić information content (AvgIpc) is 3.51. The predicted molar refractivity (Wildman–Crippen MR) is 119 cm³/mol. The molecule has 0 N–H and O–H groups in total. The number of likely N-dealkylation sites (tertiary alicyclic amines) is 1. The van der Waals surface area contributed by atoms with Gasteiger partial charge in [-0.05, 0) is 69.7 Å². The zero-order valence-electron chi connectivity index (χ0n) is 18.3. The molecule has 3 heterocycles. The van der Waals surface area contributed by atoms with Gasteiger partial charge in [0.05, 0.1) is 17.6 Å². The van der Waals surface area contributed by atoms with E-state index in [1.165, 1.54) is 12.8 Å². The SMILES string of the molecule is CN(C(=O)Cc1cccc2c1COC2=O)[C@H]1CC[C@]2(CCCO2)C[C@@H]1N1CCCC1.Cl. The summed E-state index contributed by atoms with van der Waals surface area (Å²) in [6.45, 7) is 3.42. The van der Waals surface area contributed by atoms with Crippen molar-refractivity contribution in [3.05, 3.63) is 34.9 Å². The third-order valence-corrected chi connectivity index (χ3v) is 7.79. The Balaban J connectivity index is 0.00000231. The first kappa shape index (κ1) is 22.6. The number of carbonyl (C=O) groups excluding carboxylic acids is 2. The monoisotopic (exact) mass is 448 g/mol. The molecular weight excluding hydrogens is 416 g/mol. The fourth-order valence-electron chi connectivity index (χ4n) is 6.08. The molecule has 31 heavy (non-hydrogen) atoms. The first-order valence-electron chi connectivity index (χ1n) is 11.5. The van der Waals surface area contributed by atoms with E-state index in [0.29, 0.717) is 18.0 Å². The highest BCUT2D eigenvalue weighted by Crippen LogP contribution is 2.43. The standard InChI is InChI=1S/C24H32N2O4.ClH/c1-25(22(27)14-17-6-4-7-18-19(17)16-29-23(18)28)20-8-10-24(9-5-13-30-24)15-21(20)26-11-2-3-12-26;/h4,6-7,20-21H,2-3,5,8-16H2,1H3;1H/t20-,21-,24+;/m0./s1. The lowest BCUT2D eigenvalue weighted by Crippen LogP contribution is -2.58. The third-order valence-electron chi connectivity index (χ3n) is 7.79. The van der Waals surface area contributed by atoms with Gasteiger partial charge in [-0.1, -0.05) is 12.1 Å². The maximum atomic E-state index is 13.3. The molecule has 1 amide bonds. The number of fused-ring (bicyclic) bond motifs is 1. The Morgan fingerprint density at radius 2 is 2.03 bits per heavy atom. The van der Waals surface area contributed by atoms with E-state index in [2.05, 4.69) is 4.90 Å². The molecule has 1 aromatic rings. The molecule has 6 nitrogen and oxygen atoms in total. The normalized spacial score (nSPS) is 30.2. The van der Waals surface area contributed by atoms with Crippen LogP contribution in [0.2, 0.25) is 0 Å². The predicted octanol–water partition coefficient (Wildman–Crippen LogP) is 3.35. The number of amides is 1. The Hall–Kier alpha value is -1.63. The molecule has 1 saturated carbocycles. The Morgan fingerprint density at radius 3 is 2.77 bits per heavy atom. The van der Waals surface area contributed by atoms with E-state index in [9.17, 15) is 9.59 Å². The second kappa shape index (κ2) is 9.08. The number of rotatable bonds is 4. The molecule has 3 fully saturated rings. The van der Waals surface area contributed by atoms with E-state index >= 15 is 0 Å². The highest BCUT2D eigenvalue weighted by Gasteiger charge is 2.47. The zero-order valence-corrected chi connectivity index (χ0v) is 19.1. The summed E-state index contributed by atoms with van der Waals surface area (Å²) >= 11 is 0. The molecule has 5 rings (SSSR count). The number of halogens is 1. The number of benzene rings is 1. The van der Waals surface area contributed by atoms with E-state index in [-0.39, 0.29) is 42.5 Å². The molecular formula is C24H33ClN2O4. The molecule has 1 spiro atoms. The first-order valence-corrected chi connectivity index (χ1v) is 11.5. The van der Waals surface area contributed by atoms with Crippen LogP contribution in [0.4, 0.5) is 0 Å². The van der Waals surface area contributed by atoms with Gasteiger partial charge in [0, 0.05) is 31.3 Å². The number of cyclic esters (lactones) is 1. The van der Waals surface area contributed by atoms with Crippen molar-refractivity contribution in [2.45, 2.75) is 75.7 Å². The lowest BCUT2D eigenvalue weighted by atomic mass is 9.76. The largest absolute Gasteiger partial charge is 0.457 e. The van der Waals surface area contributed by atoms with Gasteiger partial charge in [-0.25, -0.2) is 4.79 Å². The number of esters is 1. The van der Waals surface area contributed by atoms with Crippen LogP contribution >= 0.6 is 12.4 Å². The van der Waals surface area contributed by atoms with Crippen LogP contribution in [0.1, 0.15) is 66.4 Å². The van der Waals surface area contributed by atoms with Crippen LogP contribution in [-0.4, -0.2) is 66.1 Å². The van der Waals surface area contributed by atoms with Crippen LogP contribution < -0.4 is 0 Å². The molecule has 0 unspecified atom stereocenters. The molecule has 0 radical (unpaired) electrons. The highest BCUT2D eigenvalue weighted by molar-refractivity contribution is 5.94. The lowest BCUT2D eigenvalue weighted by molar-refractivity contribution is -0.136. The van der Waals surface area contributed by atoms with Crippen molar-refractivity contribution >= 4 is 24.3 Å². The van der Waals surface area contributed by atoms with Crippen LogP contribution in [0.15, 0.2) is 18.2 Å². The molecule has 170 valence electrons. The molecule has 1 aliphatic carbocycles. The number of hydrogen-bond donors (Lipinski definition) is 0. The van der Waals surface area contributed by atoms with E-state index in [4.69, 9.17) is 9.47 Å². The number of carbonyl (C=O) groups is 2. The van der Waals surface area contributed by atoms with Crippen LogP contribution in [0.25, 0.3) is 0 Å². The Bertz CT molecular complexity index is 833. The quantitative estimate of drug-likeness (QED) is 0.661. The summed E-state index contributed by atoms with van der Waals surface area (Å²) in [5.41, 5.74) is 2.43. The van der Waals surface area contributed by atoms with Gasteiger partial charge in [-0.3, -0.25) is 9.69 Å². The minimum absolute atomic E-state index is 0. The Morgan fingerprint density at radius 1 is 1.23 bits per heavy atom. The Labute approximate surface area is 190 Å². The van der Waals surface area contributed by atoms with Crippen molar-refractivity contribution in [3.63, 3.8) is 0 Å². The minimum Gasteiger partial charge on any atom is -0.457 e. The summed E-state index contributed by atoms with van der Waals surface area (Å²) in [6.07, 6.45) is 8.22. The van der Waals surface area contributed by atoms with Crippen molar-refractivity contribution in [2.75, 3.05) is 26.7 Å². The second-order valence-corrected chi connectivity index (χ2v) is 9.46. The number of ether oxygens (including phenoxy) is 2. The van der Waals surface area contributed by atoms with Crippen molar-refractivity contribution in [3.8, 4) is 0 Å². The third kappa shape index (κ3) is 4.22. The van der Waals surface area contributed by atoms with Crippen molar-refractivity contribution in [2.24, 2.45) is 0 Å². The number of likely N-dealkylation sites (N-methyl/N-ethyl adjacent to an activating group) is 1. The van der Waals surface area contributed by atoms with Crippen LogP contribution in [0.3, 0.4) is 0 Å². The number of hydrogen-bond acceptors (Lipinski definition) is 5. The van der Waals surface area contributed by atoms with E-state index in [1.54, 1.807) is 6.07 Å². The van der Waals surface area contributed by atoms with E-state index in [1.807, 2.05) is 24.1 Å². The van der Waals surface area contributed by atoms with E-state index < -0.39 is 0 Å². The van der Waals surface area contributed by atoms with Crippen LogP contribution in [0, 0.1) is 0 Å². The van der Waals surface area contributed by atoms with Gasteiger partial charge < -0.3 is 14.4 Å². The van der Waals surface area contributed by atoms with Gasteiger partial charge in [0.1, 0.15) is 6.61 Å². The Kier molecular flexibility index (Phi) is 6.61. The molecule has 3 atom stereocenters. The fraction of sp³-hybridized carbons (Fsp3) is 0.667. The lowest BCUT2D eigenvalue weighted by Gasteiger charge is -2.48. The summed E-state index contributed by atoms with van der Waals surface area (Å²) in [4.78, 5) is 29.8. The fourth-order valence-corrected chi connectivity index (χ4v) is 6.08. The van der Waals surface area contributed by atoms with Gasteiger partial charge in [0.15, 0.2) is 0 Å². The molecule has 2 saturated heterocycles. The molecule has 3 aliphatic heterocycles.